The zero-order chi connectivity index (χ0) is 46.4. The fraction of sp³-hybridized carbons (Fsp3) is 0.0294. The molecule has 0 N–H and O–H groups in total. The van der Waals surface area contributed by atoms with E-state index in [1.165, 1.54) is 66.8 Å². The van der Waals surface area contributed by atoms with E-state index < -0.39 is 5.41 Å². The van der Waals surface area contributed by atoms with E-state index in [1.807, 2.05) is 0 Å². The molecule has 0 saturated carbocycles. The lowest BCUT2D eigenvalue weighted by Gasteiger charge is -2.30. The summed E-state index contributed by atoms with van der Waals surface area (Å²) in [6.07, 6.45) is 0.892. The predicted molar refractivity (Wildman–Crippen MR) is 291 cm³/mol. The average molecular weight is 904 g/mol. The lowest BCUT2D eigenvalue weighted by Crippen LogP contribution is -2.25. The van der Waals surface area contributed by atoms with E-state index in [-0.39, 0.29) is 0 Å². The Balaban J connectivity index is 1.01. The molecule has 2 heterocycles. The zero-order valence-corrected chi connectivity index (χ0v) is 38.5. The molecule has 1 spiro atoms. The van der Waals surface area contributed by atoms with Gasteiger partial charge in [-0.1, -0.05) is 194 Å². The number of furan rings is 2. The highest BCUT2D eigenvalue weighted by atomic mass is 16.3. The first-order valence-electron chi connectivity index (χ1n) is 24.6. The second-order valence-electron chi connectivity index (χ2n) is 19.4. The van der Waals surface area contributed by atoms with Gasteiger partial charge < -0.3 is 13.7 Å². The Morgan fingerprint density at radius 2 is 0.930 bits per heavy atom. The maximum absolute atomic E-state index is 7.47. The number of nitrogens with zero attached hydrogens (tertiary/aromatic N) is 1. The third-order valence-electron chi connectivity index (χ3n) is 15.9. The lowest BCUT2D eigenvalue weighted by atomic mass is 9.70. The van der Waals surface area contributed by atoms with Gasteiger partial charge in [0.15, 0.2) is 0 Å². The molecule has 0 unspecified atom stereocenters. The van der Waals surface area contributed by atoms with Crippen molar-refractivity contribution in [2.75, 3.05) is 4.90 Å². The van der Waals surface area contributed by atoms with Crippen LogP contribution in [-0.4, -0.2) is 0 Å². The van der Waals surface area contributed by atoms with Gasteiger partial charge in [0.2, 0.25) is 0 Å². The minimum Gasteiger partial charge on any atom is -0.456 e. The van der Waals surface area contributed by atoms with Crippen molar-refractivity contribution in [1.29, 1.82) is 0 Å². The number of benzene rings is 11. The van der Waals surface area contributed by atoms with Crippen LogP contribution in [0.5, 0.6) is 0 Å². The topological polar surface area (TPSA) is 29.5 Å². The maximum atomic E-state index is 7.47. The molecular formula is C68H41NO2. The molecule has 16 rings (SSSR count). The number of hydrogen-bond acceptors (Lipinski definition) is 3. The molecule has 3 heteroatoms. The minimum atomic E-state index is -0.495. The minimum absolute atomic E-state index is 0.495. The molecule has 0 atom stereocenters. The van der Waals surface area contributed by atoms with E-state index in [9.17, 15) is 0 Å². The molecule has 3 aliphatic carbocycles. The van der Waals surface area contributed by atoms with Crippen LogP contribution in [0.25, 0.3) is 99.5 Å². The Labute approximate surface area is 410 Å². The van der Waals surface area contributed by atoms with Crippen LogP contribution in [0.4, 0.5) is 17.1 Å². The maximum Gasteiger partial charge on any atom is 0.144 e. The zero-order valence-electron chi connectivity index (χ0n) is 38.5. The normalized spacial score (nSPS) is 13.4. The van der Waals surface area contributed by atoms with Crippen molar-refractivity contribution in [2.45, 2.75) is 11.8 Å². The number of fused-ring (bicyclic) bond motifs is 19. The molecule has 0 bridgehead atoms. The molecule has 3 nitrogen and oxygen atoms in total. The van der Waals surface area contributed by atoms with Crippen molar-refractivity contribution in [2.24, 2.45) is 0 Å². The van der Waals surface area contributed by atoms with E-state index >= 15 is 0 Å². The molecule has 0 saturated heterocycles. The van der Waals surface area contributed by atoms with E-state index in [1.54, 1.807) is 0 Å². The van der Waals surface area contributed by atoms with Gasteiger partial charge in [-0.2, -0.15) is 0 Å². The molecule has 0 amide bonds. The van der Waals surface area contributed by atoms with Crippen LogP contribution in [0.2, 0.25) is 0 Å². The van der Waals surface area contributed by atoms with Crippen LogP contribution in [0, 0.1) is 0 Å². The molecule has 0 aliphatic heterocycles. The van der Waals surface area contributed by atoms with Crippen molar-refractivity contribution in [1.82, 2.24) is 0 Å². The summed E-state index contributed by atoms with van der Waals surface area (Å²) in [6.45, 7) is 0. The fourth-order valence-corrected chi connectivity index (χ4v) is 13.1. The summed E-state index contributed by atoms with van der Waals surface area (Å²) in [5.74, 6) is 0. The molecule has 0 radical (unpaired) electrons. The quantitative estimate of drug-likeness (QED) is 0.172. The molecule has 0 fully saturated rings. The SMILES string of the molecule is c1ccc(-c2ccccc2N(c2ccc3c(c2)Cc2ccccc2-3)c2cccc3oc4c(-c5cccc6c5-c5ccccc5C65c6ccccc6-c6ccccc65)c5c(cc4c23)oc2ccccc25)cc1. The second kappa shape index (κ2) is 14.4. The summed E-state index contributed by atoms with van der Waals surface area (Å²) in [5.41, 5.74) is 26.1. The van der Waals surface area contributed by atoms with Crippen molar-refractivity contribution in [3.8, 4) is 55.6 Å². The van der Waals surface area contributed by atoms with Gasteiger partial charge in [-0.05, 0) is 127 Å². The van der Waals surface area contributed by atoms with Gasteiger partial charge in [0.1, 0.15) is 22.3 Å². The first kappa shape index (κ1) is 38.8. The number of hydrogen-bond donors (Lipinski definition) is 0. The van der Waals surface area contributed by atoms with Crippen molar-refractivity contribution in [3.63, 3.8) is 0 Å². The summed E-state index contributed by atoms with van der Waals surface area (Å²) in [4.78, 5) is 2.46. The largest absolute Gasteiger partial charge is 0.456 e. The second-order valence-corrected chi connectivity index (χ2v) is 19.4. The van der Waals surface area contributed by atoms with E-state index in [2.05, 4.69) is 241 Å². The highest BCUT2D eigenvalue weighted by Crippen LogP contribution is 2.65. The first-order valence-corrected chi connectivity index (χ1v) is 24.6. The summed E-state index contributed by atoms with van der Waals surface area (Å²) >= 11 is 0. The van der Waals surface area contributed by atoms with Crippen molar-refractivity contribution >= 4 is 60.9 Å². The van der Waals surface area contributed by atoms with Gasteiger partial charge in [0.25, 0.3) is 0 Å². The summed E-state index contributed by atoms with van der Waals surface area (Å²) in [6, 6.07) is 86.7. The highest BCUT2D eigenvalue weighted by molar-refractivity contribution is 6.27. The molecule has 71 heavy (non-hydrogen) atoms. The fourth-order valence-electron chi connectivity index (χ4n) is 13.1. The van der Waals surface area contributed by atoms with E-state index in [0.29, 0.717) is 0 Å². The van der Waals surface area contributed by atoms with Gasteiger partial charge in [-0.3, -0.25) is 0 Å². The Morgan fingerprint density at radius 1 is 0.338 bits per heavy atom. The molecular weight excluding hydrogens is 863 g/mol. The molecule has 13 aromatic rings. The Bertz CT molecular complexity index is 4350. The van der Waals surface area contributed by atoms with Crippen LogP contribution in [0.3, 0.4) is 0 Å². The third kappa shape index (κ3) is 5.17. The number of rotatable bonds is 5. The monoisotopic (exact) mass is 903 g/mol. The average Bonchev–Trinajstić information content (AvgIpc) is 4.24. The van der Waals surface area contributed by atoms with Crippen LogP contribution in [0.15, 0.2) is 245 Å². The standard InChI is InChI=1S/C68H41NO2/c1-2-18-41(19-3-1)47-22-9-14-32-58(47)69(44-36-37-46-43(39-44)38-42-20-4-5-21-45(42)46)59-33-17-35-61-64(59)53-40-62-65(51-26-10-15-34-60(51)70-62)66(67(53)71-61)52-27-16-31-57-63(52)50-25-8-13-30-56(50)68(57)54-28-11-6-23-48(54)49-24-7-12-29-55(49)68/h1-37,39-40H,38H2. The van der Waals surface area contributed by atoms with Gasteiger partial charge >= 0.3 is 0 Å². The summed E-state index contributed by atoms with van der Waals surface area (Å²) in [7, 11) is 0. The molecule has 3 aliphatic rings. The van der Waals surface area contributed by atoms with Gasteiger partial charge in [0, 0.05) is 33.0 Å². The summed E-state index contributed by atoms with van der Waals surface area (Å²) < 4.78 is 14.5. The third-order valence-corrected chi connectivity index (χ3v) is 15.9. The van der Waals surface area contributed by atoms with E-state index in [0.717, 1.165) is 89.6 Å². The van der Waals surface area contributed by atoms with Crippen LogP contribution >= 0.6 is 0 Å². The molecule has 330 valence electrons. The Kier molecular flexibility index (Phi) is 7.87. The lowest BCUT2D eigenvalue weighted by molar-refractivity contribution is 0.664. The van der Waals surface area contributed by atoms with Gasteiger partial charge in [-0.25, -0.2) is 0 Å². The van der Waals surface area contributed by atoms with E-state index in [4.69, 9.17) is 8.83 Å². The highest BCUT2D eigenvalue weighted by Gasteiger charge is 2.52. The summed E-state index contributed by atoms with van der Waals surface area (Å²) in [5, 5.41) is 4.15. The number of para-hydroxylation sites is 2. The van der Waals surface area contributed by atoms with Crippen LogP contribution in [0.1, 0.15) is 33.4 Å². The number of anilines is 3. The first-order chi connectivity index (χ1) is 35.2. The van der Waals surface area contributed by atoms with Crippen LogP contribution < -0.4 is 4.90 Å². The smallest absolute Gasteiger partial charge is 0.144 e. The van der Waals surface area contributed by atoms with Crippen molar-refractivity contribution < 1.29 is 8.83 Å². The van der Waals surface area contributed by atoms with Crippen molar-refractivity contribution in [3.05, 3.63) is 270 Å². The Morgan fingerprint density at radius 3 is 1.75 bits per heavy atom. The molecule has 11 aromatic carbocycles. The predicted octanol–water partition coefficient (Wildman–Crippen LogP) is 18.2. The Hall–Kier alpha value is -9.18. The molecule has 2 aromatic heterocycles. The van der Waals surface area contributed by atoms with Gasteiger partial charge in [0.05, 0.1) is 22.2 Å². The van der Waals surface area contributed by atoms with Crippen LogP contribution in [-0.2, 0) is 11.8 Å². The van der Waals surface area contributed by atoms with Gasteiger partial charge in [-0.15, -0.1) is 0 Å².